The number of hydrogen-bond donors (Lipinski definition) is 2. The minimum Gasteiger partial charge on any atom is -0.493 e. The molecule has 1 heterocycles. The summed E-state index contributed by atoms with van der Waals surface area (Å²) in [5.74, 6) is -0.369. The van der Waals surface area contributed by atoms with Gasteiger partial charge in [-0.3, -0.25) is 0 Å². The van der Waals surface area contributed by atoms with Crippen molar-refractivity contribution in [2.24, 2.45) is 0 Å². The Morgan fingerprint density at radius 1 is 1.15 bits per heavy atom. The van der Waals surface area contributed by atoms with Gasteiger partial charge in [0.15, 0.2) is 11.5 Å². The predicted octanol–water partition coefficient (Wildman–Crippen LogP) is 4.17. The highest BCUT2D eigenvalue weighted by atomic mass is 19.1. The number of carbonyl (C=O) groups is 1. The molecule has 3 atom stereocenters. The van der Waals surface area contributed by atoms with Crippen molar-refractivity contribution >= 4 is 11.7 Å². The third-order valence-corrected chi connectivity index (χ3v) is 7.25. The summed E-state index contributed by atoms with van der Waals surface area (Å²) < 4.78 is 38.9. The van der Waals surface area contributed by atoms with Gasteiger partial charge in [0, 0.05) is 23.6 Å². The molecular formula is C25H28F2N4O3. The number of ether oxygens (including phenoxy) is 2. The largest absolute Gasteiger partial charge is 0.493 e. The summed E-state index contributed by atoms with van der Waals surface area (Å²) >= 11 is 0. The van der Waals surface area contributed by atoms with Gasteiger partial charge in [0.05, 0.1) is 25.5 Å². The lowest BCUT2D eigenvalue weighted by Gasteiger charge is -2.45. The van der Waals surface area contributed by atoms with Crippen LogP contribution in [0.1, 0.15) is 36.8 Å². The van der Waals surface area contributed by atoms with Crippen LogP contribution in [-0.4, -0.2) is 50.8 Å². The Morgan fingerprint density at radius 3 is 2.62 bits per heavy atom. The first-order valence-electron chi connectivity index (χ1n) is 11.2. The number of likely N-dealkylation sites (N-methyl/N-ethyl adjacent to an activating group) is 1. The van der Waals surface area contributed by atoms with Gasteiger partial charge < -0.3 is 25.0 Å². The van der Waals surface area contributed by atoms with E-state index < -0.39 is 23.2 Å². The fraction of sp³-hybridized carbons (Fsp3) is 0.440. The van der Waals surface area contributed by atoms with Crippen molar-refractivity contribution in [2.45, 2.75) is 43.2 Å². The number of halogens is 2. The smallest absolute Gasteiger partial charge is 0.319 e. The molecule has 180 valence electrons. The van der Waals surface area contributed by atoms with Crippen molar-refractivity contribution in [3.8, 4) is 17.6 Å². The number of nitriles is 1. The lowest BCUT2D eigenvalue weighted by atomic mass is 9.65. The molecule has 2 aromatic carbocycles. The molecule has 1 aliphatic heterocycles. The molecule has 2 amide bonds. The third kappa shape index (κ3) is 4.26. The molecule has 2 aromatic rings. The van der Waals surface area contributed by atoms with E-state index >= 15 is 0 Å². The van der Waals surface area contributed by atoms with E-state index in [9.17, 15) is 13.6 Å². The molecule has 7 nitrogen and oxygen atoms in total. The summed E-state index contributed by atoms with van der Waals surface area (Å²) in [6.45, 7) is 0.938. The van der Waals surface area contributed by atoms with Crippen molar-refractivity contribution in [2.75, 3.05) is 33.1 Å². The highest BCUT2D eigenvalue weighted by Crippen LogP contribution is 2.49. The first-order chi connectivity index (χ1) is 16.3. The molecule has 2 N–H and O–H groups in total. The molecule has 0 bridgehead atoms. The quantitative estimate of drug-likeness (QED) is 0.685. The van der Waals surface area contributed by atoms with Crippen molar-refractivity contribution < 1.29 is 23.0 Å². The maximum atomic E-state index is 14.2. The number of benzene rings is 2. The summed E-state index contributed by atoms with van der Waals surface area (Å²) in [4.78, 5) is 14.9. The number of nitrogens with one attached hydrogen (secondary N) is 2. The Kier molecular flexibility index (Phi) is 6.62. The van der Waals surface area contributed by atoms with E-state index in [1.807, 2.05) is 12.1 Å². The first-order valence-corrected chi connectivity index (χ1v) is 11.2. The van der Waals surface area contributed by atoms with E-state index in [0.29, 0.717) is 11.5 Å². The SMILES string of the molecule is COc1ccc([C@@]23CC[C@@H](NC(=O)Nc4cc(F)c(C#N)cc4F)C[C@@H]2N(C)CC3)cc1OC. The van der Waals surface area contributed by atoms with Crippen LogP contribution in [0.4, 0.5) is 19.3 Å². The van der Waals surface area contributed by atoms with Gasteiger partial charge in [0.25, 0.3) is 0 Å². The maximum absolute atomic E-state index is 14.2. The van der Waals surface area contributed by atoms with Crippen LogP contribution in [0, 0.1) is 23.0 Å². The summed E-state index contributed by atoms with van der Waals surface area (Å²) in [5, 5.41) is 14.1. The van der Waals surface area contributed by atoms with Gasteiger partial charge in [-0.25, -0.2) is 13.6 Å². The van der Waals surface area contributed by atoms with Crippen molar-refractivity contribution in [1.29, 1.82) is 5.26 Å². The summed E-state index contributed by atoms with van der Waals surface area (Å²) in [5.41, 5.74) is 0.414. The van der Waals surface area contributed by atoms with Crippen LogP contribution < -0.4 is 20.1 Å². The monoisotopic (exact) mass is 470 g/mol. The van der Waals surface area contributed by atoms with Crippen LogP contribution >= 0.6 is 0 Å². The fourth-order valence-corrected chi connectivity index (χ4v) is 5.47. The van der Waals surface area contributed by atoms with Gasteiger partial charge in [-0.1, -0.05) is 6.07 Å². The minimum absolute atomic E-state index is 0.0642. The maximum Gasteiger partial charge on any atom is 0.319 e. The number of fused-ring (bicyclic) bond motifs is 1. The van der Waals surface area contributed by atoms with Gasteiger partial charge in [-0.05, 0) is 63.0 Å². The molecule has 4 rings (SSSR count). The Labute approximate surface area is 197 Å². The highest BCUT2D eigenvalue weighted by Gasteiger charge is 2.50. The molecule has 9 heteroatoms. The number of anilines is 1. The lowest BCUT2D eigenvalue weighted by Crippen LogP contribution is -2.52. The summed E-state index contributed by atoms with van der Waals surface area (Å²) in [6, 6.07) is 8.72. The Hall–Kier alpha value is -3.38. The number of carbonyl (C=O) groups excluding carboxylic acids is 1. The van der Waals surface area contributed by atoms with Crippen molar-refractivity contribution in [3.05, 3.63) is 53.1 Å². The Bertz CT molecular complexity index is 1140. The number of nitrogens with zero attached hydrogens (tertiary/aromatic N) is 2. The summed E-state index contributed by atoms with van der Waals surface area (Å²) in [7, 11) is 5.33. The van der Waals surface area contributed by atoms with Crippen molar-refractivity contribution in [1.82, 2.24) is 10.2 Å². The second-order valence-corrected chi connectivity index (χ2v) is 8.97. The van der Waals surface area contributed by atoms with Gasteiger partial charge in [-0.2, -0.15) is 5.26 Å². The van der Waals surface area contributed by atoms with Crippen LogP contribution in [0.15, 0.2) is 30.3 Å². The molecule has 0 radical (unpaired) electrons. The molecule has 0 aromatic heterocycles. The zero-order chi connectivity index (χ0) is 24.5. The molecule has 34 heavy (non-hydrogen) atoms. The number of amides is 2. The van der Waals surface area contributed by atoms with E-state index in [1.54, 1.807) is 20.3 Å². The molecule has 1 saturated carbocycles. The topological polar surface area (TPSA) is 86.6 Å². The molecule has 1 aliphatic carbocycles. The predicted molar refractivity (Wildman–Crippen MR) is 123 cm³/mol. The van der Waals surface area contributed by atoms with Crippen LogP contribution in [0.25, 0.3) is 0 Å². The number of urea groups is 1. The van der Waals surface area contributed by atoms with Crippen LogP contribution in [0.3, 0.4) is 0 Å². The average molecular weight is 471 g/mol. The van der Waals surface area contributed by atoms with Crippen molar-refractivity contribution in [3.63, 3.8) is 0 Å². The van der Waals surface area contributed by atoms with Crippen LogP contribution in [0.2, 0.25) is 0 Å². The molecule has 1 saturated heterocycles. The van der Waals surface area contributed by atoms with E-state index in [0.717, 1.165) is 44.4 Å². The molecular weight excluding hydrogens is 442 g/mol. The van der Waals surface area contributed by atoms with Gasteiger partial charge in [0.2, 0.25) is 0 Å². The average Bonchev–Trinajstić information content (AvgIpc) is 3.17. The Morgan fingerprint density at radius 2 is 1.91 bits per heavy atom. The zero-order valence-electron chi connectivity index (χ0n) is 19.5. The van der Waals surface area contributed by atoms with Gasteiger partial charge in [0.1, 0.15) is 17.7 Å². The molecule has 0 spiro atoms. The fourth-order valence-electron chi connectivity index (χ4n) is 5.47. The van der Waals surface area contributed by atoms with Crippen LogP contribution in [-0.2, 0) is 5.41 Å². The van der Waals surface area contributed by atoms with Gasteiger partial charge in [-0.15, -0.1) is 0 Å². The van der Waals surface area contributed by atoms with Crippen LogP contribution in [0.5, 0.6) is 11.5 Å². The zero-order valence-corrected chi connectivity index (χ0v) is 19.5. The molecule has 2 fully saturated rings. The number of methoxy groups -OCH3 is 2. The van der Waals surface area contributed by atoms with E-state index in [2.05, 4.69) is 28.6 Å². The van der Waals surface area contributed by atoms with E-state index in [1.165, 1.54) is 5.56 Å². The number of rotatable bonds is 5. The second-order valence-electron chi connectivity index (χ2n) is 8.97. The van der Waals surface area contributed by atoms with E-state index in [4.69, 9.17) is 14.7 Å². The molecule has 0 unspecified atom stereocenters. The lowest BCUT2D eigenvalue weighted by molar-refractivity contribution is 0.156. The standard InChI is InChI=1S/C25H28F2N4O3/c1-31-9-8-25(16-4-5-21(33-2)22(11-16)34-3)7-6-17(12-23(25)31)29-24(32)30-20-13-18(26)15(14-28)10-19(20)27/h4-5,10-11,13,17,23H,6-9,12H2,1-3H3,(H2,29,30,32)/t17-,23+,25+/m1/s1. The number of hydrogen-bond acceptors (Lipinski definition) is 5. The summed E-state index contributed by atoms with van der Waals surface area (Å²) in [6.07, 6.45) is 3.33. The molecule has 2 aliphatic rings. The normalized spacial score (nSPS) is 24.1. The van der Waals surface area contributed by atoms with Gasteiger partial charge >= 0.3 is 6.03 Å². The highest BCUT2D eigenvalue weighted by molar-refractivity contribution is 5.89. The second kappa shape index (κ2) is 9.47. The van der Waals surface area contributed by atoms with E-state index in [-0.39, 0.29) is 23.2 Å². The first kappa shape index (κ1) is 23.8. The third-order valence-electron chi connectivity index (χ3n) is 7.25. The number of likely N-dealkylation sites (tertiary alicyclic amines) is 1. The Balaban J connectivity index is 1.48. The minimum atomic E-state index is -0.885.